The normalized spacial score (nSPS) is 12.6. The molecule has 0 bridgehead atoms. The molecule has 1 aromatic carbocycles. The first-order valence-electron chi connectivity index (χ1n) is 7.45. The van der Waals surface area contributed by atoms with E-state index >= 15 is 0 Å². The molecule has 0 aliphatic carbocycles. The van der Waals surface area contributed by atoms with Gasteiger partial charge in [-0.05, 0) is 17.7 Å². The highest BCUT2D eigenvalue weighted by Crippen LogP contribution is 2.21. The Bertz CT molecular complexity index is 625. The van der Waals surface area contributed by atoms with E-state index in [4.69, 9.17) is 9.47 Å². The first-order chi connectivity index (χ1) is 11.8. The maximum atomic E-state index is 14.0. The Kier molecular flexibility index (Phi) is 9.31. The molecule has 0 fully saturated rings. The minimum atomic E-state index is -4.90. The molecule has 25 heavy (non-hydrogen) atoms. The molecule has 4 N–H and O–H groups in total. The van der Waals surface area contributed by atoms with Gasteiger partial charge in [0.25, 0.3) is 16.3 Å². The number of amides is 1. The second-order valence-corrected chi connectivity index (χ2v) is 5.78. The van der Waals surface area contributed by atoms with Crippen LogP contribution in [0.1, 0.15) is 11.7 Å². The Labute approximate surface area is 145 Å². The molecule has 0 aromatic heterocycles. The second-order valence-electron chi connectivity index (χ2n) is 4.79. The Hall–Kier alpha value is -1.79. The van der Waals surface area contributed by atoms with Crippen molar-refractivity contribution in [3.8, 4) is 5.75 Å². The summed E-state index contributed by atoms with van der Waals surface area (Å²) in [7, 11) is -4.90. The first kappa shape index (κ1) is 21.3. The van der Waals surface area contributed by atoms with Gasteiger partial charge in [0.1, 0.15) is 5.75 Å². The number of nitrogens with one attached hydrogen (secondary N) is 1. The van der Waals surface area contributed by atoms with Crippen LogP contribution < -0.4 is 15.2 Å². The average Bonchev–Trinajstić information content (AvgIpc) is 2.55. The molecule has 0 spiro atoms. The van der Waals surface area contributed by atoms with Crippen LogP contribution in [0, 0.1) is 0 Å². The third kappa shape index (κ3) is 9.31. The summed E-state index contributed by atoms with van der Waals surface area (Å²) in [5.41, 5.74) is 3.61. The summed E-state index contributed by atoms with van der Waals surface area (Å²) in [5, 5.41) is 2.37. The van der Waals surface area contributed by atoms with E-state index in [9.17, 15) is 22.2 Å². The maximum absolute atomic E-state index is 14.0. The van der Waals surface area contributed by atoms with E-state index in [1.165, 1.54) is 0 Å². The Balaban J connectivity index is 2.31. The van der Waals surface area contributed by atoms with E-state index < -0.39 is 22.5 Å². The molecule has 1 rings (SSSR count). The predicted molar refractivity (Wildman–Crippen MR) is 83.0 cm³/mol. The van der Waals surface area contributed by atoms with E-state index in [0.717, 1.165) is 24.3 Å². The molecule has 0 aliphatic heterocycles. The highest BCUT2D eigenvalue weighted by Gasteiger charge is 2.19. The smallest absolute Gasteiger partial charge is 0.262 e. The molecule has 142 valence electrons. The third-order valence-electron chi connectivity index (χ3n) is 2.81. The number of carbonyl (C=O) groups is 1. The van der Waals surface area contributed by atoms with E-state index in [1.54, 1.807) is 0 Å². The molecule has 0 saturated carbocycles. The molecular weight excluding hydrogens is 359 g/mol. The van der Waals surface area contributed by atoms with Crippen LogP contribution in [-0.2, 0) is 24.7 Å². The lowest BCUT2D eigenvalue weighted by molar-refractivity contribution is -0.374. The van der Waals surface area contributed by atoms with Crippen molar-refractivity contribution in [2.75, 3.05) is 39.5 Å². The molecule has 9 nitrogen and oxygen atoms in total. The fourth-order valence-electron chi connectivity index (χ4n) is 1.72. The molecule has 0 heterocycles. The number of hydrogen-bond acceptors (Lipinski definition) is 7. The van der Waals surface area contributed by atoms with Gasteiger partial charge in [0.15, 0.2) is 0 Å². The SMILES string of the molecule is [NH3+]CCOCCOCCNC(=O)C(F)c1ccc(OS(=O)(=O)[O-])cc1. The van der Waals surface area contributed by atoms with Crippen molar-refractivity contribution in [1.82, 2.24) is 5.32 Å². The lowest BCUT2D eigenvalue weighted by Gasteiger charge is -2.12. The zero-order valence-corrected chi connectivity index (χ0v) is 14.3. The molecule has 11 heteroatoms. The van der Waals surface area contributed by atoms with E-state index in [1.807, 2.05) is 0 Å². The fourth-order valence-corrected chi connectivity index (χ4v) is 2.07. The van der Waals surface area contributed by atoms with Gasteiger partial charge < -0.3 is 29.3 Å². The first-order valence-corrected chi connectivity index (χ1v) is 8.78. The molecule has 0 aliphatic rings. The number of hydrogen-bond donors (Lipinski definition) is 2. The van der Waals surface area contributed by atoms with E-state index in [2.05, 4.69) is 15.2 Å². The minimum Gasteiger partial charge on any atom is -0.716 e. The number of rotatable bonds is 12. The standard InChI is InChI=1S/C14H21FN2O7S/c15-13(11-1-3-12(4-2-11)24-25(19,20)21)14(18)17-6-8-23-10-9-22-7-5-16/h1-4,13H,5-10,16H2,(H,17,18)(H,19,20,21). The van der Waals surface area contributed by atoms with E-state index in [-0.39, 0.29) is 24.5 Å². The quantitative estimate of drug-likeness (QED) is 0.267. The Morgan fingerprint density at radius 1 is 1.16 bits per heavy atom. The summed E-state index contributed by atoms with van der Waals surface area (Å²) in [5.74, 6) is -1.12. The van der Waals surface area contributed by atoms with Crippen LogP contribution in [0.25, 0.3) is 0 Å². The van der Waals surface area contributed by atoms with Crippen LogP contribution in [0.3, 0.4) is 0 Å². The molecular formula is C14H21FN2O7S. The molecule has 1 aromatic rings. The van der Waals surface area contributed by atoms with Gasteiger partial charge in [-0.3, -0.25) is 4.79 Å². The number of ether oxygens (including phenoxy) is 2. The second kappa shape index (κ2) is 10.9. The lowest BCUT2D eigenvalue weighted by atomic mass is 10.1. The van der Waals surface area contributed by atoms with Gasteiger partial charge in [-0.15, -0.1) is 0 Å². The summed E-state index contributed by atoms with van der Waals surface area (Å²) in [6.45, 7) is 2.34. The van der Waals surface area contributed by atoms with Gasteiger partial charge in [0.05, 0.1) is 33.0 Å². The van der Waals surface area contributed by atoms with Crippen molar-refractivity contribution in [3.63, 3.8) is 0 Å². The number of quaternary nitrogens is 1. The summed E-state index contributed by atoms with van der Waals surface area (Å²) < 4.78 is 59.7. The van der Waals surface area contributed by atoms with Crippen molar-refractivity contribution in [2.45, 2.75) is 6.17 Å². The molecule has 0 radical (unpaired) electrons. The largest absolute Gasteiger partial charge is 0.716 e. The molecule has 0 saturated heterocycles. The Morgan fingerprint density at radius 3 is 2.32 bits per heavy atom. The molecule has 1 atom stereocenters. The lowest BCUT2D eigenvalue weighted by Crippen LogP contribution is -2.52. The number of alkyl halides is 1. The highest BCUT2D eigenvalue weighted by molar-refractivity contribution is 7.81. The van der Waals surface area contributed by atoms with Crippen molar-refractivity contribution >= 4 is 16.3 Å². The van der Waals surface area contributed by atoms with Crippen molar-refractivity contribution in [2.24, 2.45) is 0 Å². The number of benzene rings is 1. The molecule has 1 amide bonds. The van der Waals surface area contributed by atoms with Crippen LogP contribution in [0.2, 0.25) is 0 Å². The molecule has 1 unspecified atom stereocenters. The zero-order valence-electron chi connectivity index (χ0n) is 13.5. The fraction of sp³-hybridized carbons (Fsp3) is 0.500. The van der Waals surface area contributed by atoms with Gasteiger partial charge in [0.2, 0.25) is 6.17 Å². The summed E-state index contributed by atoms with van der Waals surface area (Å²) in [6, 6.07) is 4.47. The van der Waals surface area contributed by atoms with Crippen LogP contribution in [0.4, 0.5) is 4.39 Å². The van der Waals surface area contributed by atoms with Gasteiger partial charge in [0, 0.05) is 6.54 Å². The zero-order chi connectivity index (χ0) is 18.7. The van der Waals surface area contributed by atoms with Gasteiger partial charge in [-0.1, -0.05) is 12.1 Å². The highest BCUT2D eigenvalue weighted by atomic mass is 32.3. The third-order valence-corrected chi connectivity index (χ3v) is 3.20. The van der Waals surface area contributed by atoms with Gasteiger partial charge in [-0.2, -0.15) is 0 Å². The van der Waals surface area contributed by atoms with Crippen LogP contribution in [0.5, 0.6) is 5.75 Å². The van der Waals surface area contributed by atoms with Crippen LogP contribution in [0.15, 0.2) is 24.3 Å². The van der Waals surface area contributed by atoms with Gasteiger partial charge >= 0.3 is 0 Å². The monoisotopic (exact) mass is 380 g/mol. The predicted octanol–water partition coefficient (Wildman–Crippen LogP) is -1.07. The van der Waals surface area contributed by atoms with Crippen molar-refractivity contribution in [1.29, 1.82) is 0 Å². The summed E-state index contributed by atoms with van der Waals surface area (Å²) in [6.07, 6.45) is -1.95. The van der Waals surface area contributed by atoms with E-state index in [0.29, 0.717) is 26.4 Å². The summed E-state index contributed by atoms with van der Waals surface area (Å²) >= 11 is 0. The van der Waals surface area contributed by atoms with Crippen LogP contribution in [-0.4, -0.2) is 58.4 Å². The maximum Gasteiger partial charge on any atom is 0.262 e. The van der Waals surface area contributed by atoms with Crippen molar-refractivity contribution < 1.29 is 41.5 Å². The van der Waals surface area contributed by atoms with Crippen molar-refractivity contribution in [3.05, 3.63) is 29.8 Å². The van der Waals surface area contributed by atoms with Crippen LogP contribution >= 0.6 is 0 Å². The Morgan fingerprint density at radius 2 is 1.76 bits per heavy atom. The minimum absolute atomic E-state index is 0.00404. The number of halogens is 1. The van der Waals surface area contributed by atoms with Gasteiger partial charge in [-0.25, -0.2) is 12.8 Å². The topological polar surface area (TPSA) is 142 Å². The summed E-state index contributed by atoms with van der Waals surface area (Å²) in [4.78, 5) is 11.7. The number of carbonyl (C=O) groups excluding carboxylic acids is 1. The average molecular weight is 380 g/mol.